The predicted molar refractivity (Wildman–Crippen MR) is 77.7 cm³/mol. The van der Waals surface area contributed by atoms with Gasteiger partial charge in [-0.1, -0.05) is 19.1 Å². The number of nitrogens with zero attached hydrogens (tertiary/aromatic N) is 2. The smallest absolute Gasteiger partial charge is 0.310 e. The molecule has 0 saturated heterocycles. The molecule has 0 amide bonds. The van der Waals surface area contributed by atoms with Gasteiger partial charge in [0, 0.05) is 26.7 Å². The monoisotopic (exact) mass is 262 g/mol. The van der Waals surface area contributed by atoms with Crippen LogP contribution in [0.3, 0.4) is 0 Å². The van der Waals surface area contributed by atoms with Gasteiger partial charge in [-0.3, -0.25) is 4.79 Å². The Morgan fingerprint density at radius 1 is 1.32 bits per heavy atom. The van der Waals surface area contributed by atoms with Gasteiger partial charge in [0.2, 0.25) is 0 Å². The third kappa shape index (κ3) is 3.00. The number of rotatable bonds is 4. The van der Waals surface area contributed by atoms with Crippen molar-refractivity contribution in [1.29, 1.82) is 0 Å². The van der Waals surface area contributed by atoms with Crippen molar-refractivity contribution in [2.24, 2.45) is 5.92 Å². The van der Waals surface area contributed by atoms with Crippen LogP contribution >= 0.6 is 0 Å². The van der Waals surface area contributed by atoms with Crippen molar-refractivity contribution in [2.75, 3.05) is 43.1 Å². The highest BCUT2D eigenvalue weighted by Crippen LogP contribution is 2.32. The Balaban J connectivity index is 2.10. The van der Waals surface area contributed by atoms with Gasteiger partial charge in [0.05, 0.1) is 23.9 Å². The summed E-state index contributed by atoms with van der Waals surface area (Å²) in [6.07, 6.45) is 0. The van der Waals surface area contributed by atoms with Gasteiger partial charge >= 0.3 is 5.97 Å². The molecule has 19 heavy (non-hydrogen) atoms. The van der Waals surface area contributed by atoms with E-state index in [-0.39, 0.29) is 11.9 Å². The summed E-state index contributed by atoms with van der Waals surface area (Å²) in [6.45, 7) is 6.85. The molecule has 0 aliphatic carbocycles. The molecule has 104 valence electrons. The molecule has 4 nitrogen and oxygen atoms in total. The highest BCUT2D eigenvalue weighted by Gasteiger charge is 2.24. The van der Waals surface area contributed by atoms with Gasteiger partial charge in [-0.2, -0.15) is 0 Å². The number of esters is 1. The van der Waals surface area contributed by atoms with E-state index in [1.165, 1.54) is 11.4 Å². The number of benzene rings is 1. The molecule has 1 atom stereocenters. The largest absolute Gasteiger partial charge is 0.466 e. The zero-order valence-electron chi connectivity index (χ0n) is 11.9. The number of hydrogen-bond acceptors (Lipinski definition) is 4. The van der Waals surface area contributed by atoms with E-state index in [0.717, 1.165) is 13.1 Å². The van der Waals surface area contributed by atoms with E-state index in [2.05, 4.69) is 29.0 Å². The lowest BCUT2D eigenvalue weighted by Gasteiger charge is -2.37. The molecule has 1 aliphatic heterocycles. The summed E-state index contributed by atoms with van der Waals surface area (Å²) in [7, 11) is 2.10. The van der Waals surface area contributed by atoms with Crippen molar-refractivity contribution >= 4 is 17.3 Å². The van der Waals surface area contributed by atoms with Crippen molar-refractivity contribution in [1.82, 2.24) is 0 Å². The molecular weight excluding hydrogens is 240 g/mol. The molecule has 0 aromatic heterocycles. The topological polar surface area (TPSA) is 32.8 Å². The number of carbonyl (C=O) groups excluding carboxylic acids is 1. The van der Waals surface area contributed by atoms with E-state index in [0.29, 0.717) is 13.2 Å². The fourth-order valence-electron chi connectivity index (χ4n) is 2.45. The van der Waals surface area contributed by atoms with Gasteiger partial charge in [0.25, 0.3) is 0 Å². The molecule has 1 aliphatic rings. The molecule has 1 aromatic carbocycles. The molecule has 1 unspecified atom stereocenters. The molecule has 0 N–H and O–H groups in total. The van der Waals surface area contributed by atoms with Crippen LogP contribution in [0.25, 0.3) is 0 Å². The lowest BCUT2D eigenvalue weighted by Crippen LogP contribution is -2.42. The number of ether oxygens (including phenoxy) is 1. The number of anilines is 2. The Bertz CT molecular complexity index is 448. The summed E-state index contributed by atoms with van der Waals surface area (Å²) >= 11 is 0. The van der Waals surface area contributed by atoms with Crippen molar-refractivity contribution in [3.8, 4) is 0 Å². The van der Waals surface area contributed by atoms with E-state index in [4.69, 9.17) is 4.74 Å². The zero-order valence-corrected chi connectivity index (χ0v) is 11.9. The molecule has 1 heterocycles. The van der Waals surface area contributed by atoms with Crippen molar-refractivity contribution in [3.63, 3.8) is 0 Å². The Hall–Kier alpha value is -1.71. The normalized spacial score (nSPS) is 15.9. The van der Waals surface area contributed by atoms with Crippen LogP contribution in [0.1, 0.15) is 13.8 Å². The first-order valence-electron chi connectivity index (χ1n) is 6.85. The number of hydrogen-bond donors (Lipinski definition) is 0. The second-order valence-electron chi connectivity index (χ2n) is 5.01. The van der Waals surface area contributed by atoms with Crippen LogP contribution in [0.15, 0.2) is 24.3 Å². The zero-order chi connectivity index (χ0) is 13.8. The van der Waals surface area contributed by atoms with Crippen LogP contribution in [-0.4, -0.2) is 39.3 Å². The average molecular weight is 262 g/mol. The van der Waals surface area contributed by atoms with E-state index in [1.54, 1.807) is 0 Å². The predicted octanol–water partition coefficient (Wildman–Crippen LogP) is 2.14. The van der Waals surface area contributed by atoms with Gasteiger partial charge in [-0.25, -0.2) is 0 Å². The van der Waals surface area contributed by atoms with E-state index in [1.807, 2.05) is 26.0 Å². The lowest BCUT2D eigenvalue weighted by atomic mass is 10.1. The summed E-state index contributed by atoms with van der Waals surface area (Å²) < 4.78 is 5.08. The Kier molecular flexibility index (Phi) is 4.30. The van der Waals surface area contributed by atoms with Gasteiger partial charge in [0.15, 0.2) is 0 Å². The van der Waals surface area contributed by atoms with Crippen LogP contribution in [0.5, 0.6) is 0 Å². The fraction of sp³-hybridized carbons (Fsp3) is 0.533. The molecule has 0 bridgehead atoms. The average Bonchev–Trinajstić information content (AvgIpc) is 2.42. The lowest BCUT2D eigenvalue weighted by molar-refractivity contribution is -0.147. The molecule has 1 aromatic rings. The van der Waals surface area contributed by atoms with Crippen LogP contribution in [0.4, 0.5) is 11.4 Å². The quantitative estimate of drug-likeness (QED) is 0.778. The maximum Gasteiger partial charge on any atom is 0.310 e. The van der Waals surface area contributed by atoms with Crippen molar-refractivity contribution in [3.05, 3.63) is 24.3 Å². The maximum absolute atomic E-state index is 11.7. The number of carbonyl (C=O) groups is 1. The second-order valence-corrected chi connectivity index (χ2v) is 5.01. The molecule has 0 spiro atoms. The minimum absolute atomic E-state index is 0.101. The van der Waals surface area contributed by atoms with E-state index >= 15 is 0 Å². The number of para-hydroxylation sites is 2. The van der Waals surface area contributed by atoms with Crippen LogP contribution < -0.4 is 9.80 Å². The standard InChI is InChI=1S/C15H22N2O2/c1-4-19-15(18)12(2)11-17-10-9-16(3)13-7-5-6-8-14(13)17/h5-8,12H,4,9-11H2,1-3H3. The summed E-state index contributed by atoms with van der Waals surface area (Å²) in [4.78, 5) is 16.3. The Labute approximate surface area is 115 Å². The van der Waals surface area contributed by atoms with E-state index < -0.39 is 0 Å². The minimum Gasteiger partial charge on any atom is -0.466 e. The minimum atomic E-state index is -0.112. The van der Waals surface area contributed by atoms with Gasteiger partial charge < -0.3 is 14.5 Å². The summed E-state index contributed by atoms with van der Waals surface area (Å²) in [5, 5.41) is 0. The second kappa shape index (κ2) is 5.95. The van der Waals surface area contributed by atoms with Crippen molar-refractivity contribution in [2.45, 2.75) is 13.8 Å². The molecule has 0 fully saturated rings. The first kappa shape index (κ1) is 13.7. The first-order chi connectivity index (χ1) is 9.13. The highest BCUT2D eigenvalue weighted by atomic mass is 16.5. The Morgan fingerprint density at radius 3 is 2.68 bits per heavy atom. The third-order valence-electron chi connectivity index (χ3n) is 3.52. The van der Waals surface area contributed by atoms with Crippen LogP contribution in [0, 0.1) is 5.92 Å². The van der Waals surface area contributed by atoms with Crippen molar-refractivity contribution < 1.29 is 9.53 Å². The summed E-state index contributed by atoms with van der Waals surface area (Å²) in [6, 6.07) is 8.33. The van der Waals surface area contributed by atoms with Gasteiger partial charge in [-0.05, 0) is 19.1 Å². The third-order valence-corrected chi connectivity index (χ3v) is 3.52. The van der Waals surface area contributed by atoms with Crippen LogP contribution in [-0.2, 0) is 9.53 Å². The number of fused-ring (bicyclic) bond motifs is 1. The summed E-state index contributed by atoms with van der Waals surface area (Å²) in [5.41, 5.74) is 2.43. The molecular formula is C15H22N2O2. The van der Waals surface area contributed by atoms with E-state index in [9.17, 15) is 4.79 Å². The SMILES string of the molecule is CCOC(=O)C(C)CN1CCN(C)c2ccccc21. The Morgan fingerprint density at radius 2 is 2.00 bits per heavy atom. The molecule has 2 rings (SSSR count). The van der Waals surface area contributed by atoms with Gasteiger partial charge in [-0.15, -0.1) is 0 Å². The molecule has 4 heteroatoms. The van der Waals surface area contributed by atoms with Crippen LogP contribution in [0.2, 0.25) is 0 Å². The number of likely N-dealkylation sites (N-methyl/N-ethyl adjacent to an activating group) is 1. The molecule has 0 radical (unpaired) electrons. The maximum atomic E-state index is 11.7. The first-order valence-corrected chi connectivity index (χ1v) is 6.85. The van der Waals surface area contributed by atoms with Gasteiger partial charge in [0.1, 0.15) is 0 Å². The summed E-state index contributed by atoms with van der Waals surface area (Å²) in [5.74, 6) is -0.213. The fourth-order valence-corrected chi connectivity index (χ4v) is 2.45. The highest BCUT2D eigenvalue weighted by molar-refractivity contribution is 5.76. The molecule has 0 saturated carbocycles.